The summed E-state index contributed by atoms with van der Waals surface area (Å²) in [5.74, 6) is 5.97. The van der Waals surface area contributed by atoms with Gasteiger partial charge >= 0.3 is 0 Å². The molecule has 52 heavy (non-hydrogen) atoms. The average molecular weight is 875 g/mol. The molecule has 0 atom stereocenters. The van der Waals surface area contributed by atoms with Crippen LogP contribution in [-0.2, 0) is 11.5 Å². The Morgan fingerprint density at radius 3 is 1.52 bits per heavy atom. The Morgan fingerprint density at radius 1 is 0.481 bits per heavy atom. The molecule has 0 nitrogen and oxygen atoms in total. The van der Waals surface area contributed by atoms with Crippen molar-refractivity contribution in [1.29, 1.82) is 0 Å². The zero-order valence-electron chi connectivity index (χ0n) is 31.4. The number of aryl methyl sites for hydroxylation is 2. The van der Waals surface area contributed by atoms with Crippen molar-refractivity contribution in [3.8, 4) is 11.1 Å². The third-order valence-corrected chi connectivity index (χ3v) is 12.8. The molecule has 0 aliphatic carbocycles. The maximum absolute atomic E-state index is 3.56. The Balaban J connectivity index is 0.000000189. The summed E-state index contributed by atoms with van der Waals surface area (Å²) < 4.78 is 2.33. The molecular weight excluding hydrogens is 821 g/mol. The first-order valence-corrected chi connectivity index (χ1v) is 23.1. The second kappa shape index (κ2) is 26.4. The standard InChI is InChI=1S/C15H16S.C12H12.C10H12Br2S.C10H14S/c1-2-12-16-15-10-8-14(9-11-15)13-6-4-3-5-7-13;1-9-7-11-5-3-4-6-12(11)8-10(9)2;1-2-5-13-7-8-3-4-9(11)6-10(8)12;1-2-8-11-9-10-6-4-3-5-7-10/h3-11H,2,12H2,1H3;3-8H,1-2H3;3-4,6H,2,5,7H2,1H3;3-7H,2,8-9H2,1H3. The van der Waals surface area contributed by atoms with Crippen molar-refractivity contribution < 1.29 is 0 Å². The Hall–Kier alpha value is -2.41. The molecule has 274 valence electrons. The third kappa shape index (κ3) is 17.2. The van der Waals surface area contributed by atoms with E-state index in [4.69, 9.17) is 0 Å². The molecule has 0 amide bonds. The third-order valence-electron chi connectivity index (χ3n) is 7.88. The van der Waals surface area contributed by atoms with Gasteiger partial charge in [-0.15, -0.1) is 11.8 Å². The fraction of sp³-hybridized carbons (Fsp3) is 0.277. The number of halogens is 2. The molecule has 0 fully saturated rings. The van der Waals surface area contributed by atoms with Crippen molar-refractivity contribution in [1.82, 2.24) is 0 Å². The zero-order chi connectivity index (χ0) is 37.4. The van der Waals surface area contributed by atoms with Crippen molar-refractivity contribution in [2.24, 2.45) is 0 Å². The summed E-state index contributed by atoms with van der Waals surface area (Å²) in [5, 5.41) is 2.67. The second-order valence-corrected chi connectivity index (χ2v) is 17.5. The van der Waals surface area contributed by atoms with Crippen molar-refractivity contribution in [3.63, 3.8) is 0 Å². The van der Waals surface area contributed by atoms with E-state index in [0.29, 0.717) is 0 Å². The molecular formula is C47H54Br2S3. The number of rotatable bonds is 12. The molecule has 0 N–H and O–H groups in total. The highest BCUT2D eigenvalue weighted by atomic mass is 79.9. The Labute approximate surface area is 344 Å². The SMILES string of the molecule is CCCSCc1ccc(Br)cc1Br.CCCSCc1ccccc1.CCCSc1ccc(-c2ccccc2)cc1.Cc1cc2ccccc2cc1C. The molecule has 0 saturated carbocycles. The van der Waals surface area contributed by atoms with E-state index in [0.717, 1.165) is 16.0 Å². The highest BCUT2D eigenvalue weighted by molar-refractivity contribution is 9.11. The number of thioether (sulfide) groups is 3. The van der Waals surface area contributed by atoms with Crippen LogP contribution in [0.25, 0.3) is 21.9 Å². The lowest BCUT2D eigenvalue weighted by atomic mass is 10.0. The lowest BCUT2D eigenvalue weighted by Crippen LogP contribution is -1.84. The van der Waals surface area contributed by atoms with Gasteiger partial charge in [-0.3, -0.25) is 0 Å². The number of hydrogen-bond acceptors (Lipinski definition) is 3. The quantitative estimate of drug-likeness (QED) is 0.0888. The van der Waals surface area contributed by atoms with Gasteiger partial charge in [0.05, 0.1) is 0 Å². The normalized spacial score (nSPS) is 10.3. The van der Waals surface area contributed by atoms with Crippen LogP contribution in [0.15, 0.2) is 153 Å². The largest absolute Gasteiger partial charge is 0.157 e. The van der Waals surface area contributed by atoms with Crippen LogP contribution in [0.3, 0.4) is 0 Å². The van der Waals surface area contributed by atoms with Crippen molar-refractivity contribution in [2.45, 2.75) is 70.3 Å². The maximum Gasteiger partial charge on any atom is 0.0226 e. The second-order valence-electron chi connectivity index (χ2n) is 12.3. The minimum Gasteiger partial charge on any atom is -0.157 e. The Kier molecular flexibility index (Phi) is 22.3. The van der Waals surface area contributed by atoms with Crippen LogP contribution in [-0.4, -0.2) is 17.3 Å². The summed E-state index contributed by atoms with van der Waals surface area (Å²) >= 11 is 12.9. The number of benzene rings is 6. The van der Waals surface area contributed by atoms with E-state index in [1.807, 2.05) is 35.3 Å². The minimum atomic E-state index is 1.10. The van der Waals surface area contributed by atoms with Gasteiger partial charge in [0, 0.05) is 25.3 Å². The molecule has 0 aliphatic heterocycles. The topological polar surface area (TPSA) is 0 Å². The fourth-order valence-corrected chi connectivity index (χ4v) is 8.84. The predicted molar refractivity (Wildman–Crippen MR) is 248 cm³/mol. The van der Waals surface area contributed by atoms with Crippen LogP contribution in [0.5, 0.6) is 0 Å². The van der Waals surface area contributed by atoms with E-state index < -0.39 is 0 Å². The van der Waals surface area contributed by atoms with Gasteiger partial charge < -0.3 is 0 Å². The molecule has 0 radical (unpaired) electrons. The summed E-state index contributed by atoms with van der Waals surface area (Å²) in [6, 6.07) is 49.3. The monoisotopic (exact) mass is 872 g/mol. The van der Waals surface area contributed by atoms with E-state index >= 15 is 0 Å². The predicted octanol–water partition coefficient (Wildman–Crippen LogP) is 16.5. The molecule has 0 heterocycles. The van der Waals surface area contributed by atoms with Gasteiger partial charge in [0.1, 0.15) is 0 Å². The summed E-state index contributed by atoms with van der Waals surface area (Å²) in [6.45, 7) is 11.0. The summed E-state index contributed by atoms with van der Waals surface area (Å²) in [6.07, 6.45) is 3.75. The Morgan fingerprint density at radius 2 is 0.981 bits per heavy atom. The van der Waals surface area contributed by atoms with Crippen molar-refractivity contribution in [3.05, 3.63) is 171 Å². The van der Waals surface area contributed by atoms with Gasteiger partial charge in [-0.05, 0) is 119 Å². The molecule has 0 aliphatic rings. The average Bonchev–Trinajstić information content (AvgIpc) is 3.17. The van der Waals surface area contributed by atoms with Gasteiger partial charge in [-0.25, -0.2) is 0 Å². The van der Waals surface area contributed by atoms with Gasteiger partial charge in [-0.1, -0.05) is 168 Å². The molecule has 5 heteroatoms. The molecule has 0 spiro atoms. The van der Waals surface area contributed by atoms with Gasteiger partial charge in [-0.2, -0.15) is 23.5 Å². The molecule has 0 unspecified atom stereocenters. The summed E-state index contributed by atoms with van der Waals surface area (Å²) in [4.78, 5) is 1.36. The highest BCUT2D eigenvalue weighted by Crippen LogP contribution is 2.26. The van der Waals surface area contributed by atoms with E-state index in [1.54, 1.807) is 0 Å². The van der Waals surface area contributed by atoms with Crippen LogP contribution in [0.2, 0.25) is 0 Å². The lowest BCUT2D eigenvalue weighted by Gasteiger charge is -2.03. The van der Waals surface area contributed by atoms with E-state index in [-0.39, 0.29) is 0 Å². The van der Waals surface area contributed by atoms with Gasteiger partial charge in [0.15, 0.2) is 0 Å². The van der Waals surface area contributed by atoms with Gasteiger partial charge in [0.25, 0.3) is 0 Å². The molecule has 0 aromatic heterocycles. The van der Waals surface area contributed by atoms with Crippen LogP contribution in [0.4, 0.5) is 0 Å². The lowest BCUT2D eigenvalue weighted by molar-refractivity contribution is 1.10. The first-order chi connectivity index (χ1) is 25.3. The van der Waals surface area contributed by atoms with Crippen molar-refractivity contribution in [2.75, 3.05) is 17.3 Å². The molecule has 0 saturated heterocycles. The summed E-state index contributed by atoms with van der Waals surface area (Å²) in [5.41, 5.74) is 8.13. The van der Waals surface area contributed by atoms with Crippen LogP contribution in [0.1, 0.15) is 62.3 Å². The zero-order valence-corrected chi connectivity index (χ0v) is 37.0. The molecule has 6 aromatic rings. The van der Waals surface area contributed by atoms with Gasteiger partial charge in [0.2, 0.25) is 0 Å². The molecule has 6 aromatic carbocycles. The fourth-order valence-electron chi connectivity index (χ4n) is 4.94. The highest BCUT2D eigenvalue weighted by Gasteiger charge is 2.00. The van der Waals surface area contributed by atoms with Crippen LogP contribution in [0, 0.1) is 13.8 Å². The first-order valence-electron chi connectivity index (χ1n) is 18.2. The van der Waals surface area contributed by atoms with E-state index in [1.165, 1.54) is 90.0 Å². The summed E-state index contributed by atoms with van der Waals surface area (Å²) in [7, 11) is 0. The number of fused-ring (bicyclic) bond motifs is 1. The van der Waals surface area contributed by atoms with Crippen LogP contribution >= 0.6 is 67.1 Å². The minimum absolute atomic E-state index is 1.10. The molecule has 6 rings (SSSR count). The maximum atomic E-state index is 3.56. The Bertz CT molecular complexity index is 1780. The molecule has 0 bridgehead atoms. The smallest absolute Gasteiger partial charge is 0.0226 e. The van der Waals surface area contributed by atoms with E-state index in [9.17, 15) is 0 Å². The van der Waals surface area contributed by atoms with Crippen LogP contribution < -0.4 is 0 Å². The van der Waals surface area contributed by atoms with Crippen molar-refractivity contribution >= 4 is 77.9 Å². The number of hydrogen-bond donors (Lipinski definition) is 0. The van der Waals surface area contributed by atoms with E-state index in [2.05, 4.69) is 206 Å². The first kappa shape index (κ1) is 44.0.